The molecule has 2 aromatic heterocycles. The first-order chi connectivity index (χ1) is 13.2. The second kappa shape index (κ2) is 7.64. The minimum absolute atomic E-state index is 0.128. The van der Waals surface area contributed by atoms with Crippen molar-refractivity contribution < 1.29 is 13.2 Å². The number of nitrogens with one attached hydrogen (secondary N) is 1. The van der Waals surface area contributed by atoms with Crippen LogP contribution in [0.15, 0.2) is 35.5 Å². The van der Waals surface area contributed by atoms with Gasteiger partial charge in [0.1, 0.15) is 6.33 Å². The van der Waals surface area contributed by atoms with Gasteiger partial charge in [0.05, 0.1) is 4.90 Å². The van der Waals surface area contributed by atoms with Gasteiger partial charge in [-0.15, -0.1) is 0 Å². The van der Waals surface area contributed by atoms with Crippen LogP contribution in [0.2, 0.25) is 0 Å². The molecular weight excluding hydrogens is 380 g/mol. The molecule has 1 amide bonds. The first kappa shape index (κ1) is 19.9. The van der Waals surface area contributed by atoms with Gasteiger partial charge in [-0.2, -0.15) is 10.1 Å². The largest absolute Gasteiger partial charge is 0.326 e. The normalized spacial score (nSPS) is 11.9. The van der Waals surface area contributed by atoms with E-state index in [1.54, 1.807) is 16.6 Å². The number of rotatable bonds is 6. The molecule has 3 aromatic rings. The maximum atomic E-state index is 12.4. The number of hydrogen-bond acceptors (Lipinski definition) is 6. The van der Waals surface area contributed by atoms with E-state index in [4.69, 9.17) is 0 Å². The summed E-state index contributed by atoms with van der Waals surface area (Å²) in [6, 6.07) is 6.21. The molecule has 0 atom stereocenters. The van der Waals surface area contributed by atoms with E-state index < -0.39 is 10.0 Å². The van der Waals surface area contributed by atoms with Crippen molar-refractivity contribution in [2.45, 2.75) is 31.6 Å². The van der Waals surface area contributed by atoms with Crippen LogP contribution < -0.4 is 5.32 Å². The van der Waals surface area contributed by atoms with Crippen molar-refractivity contribution in [2.75, 3.05) is 19.4 Å². The predicted molar refractivity (Wildman–Crippen MR) is 105 cm³/mol. The molecule has 0 spiro atoms. The van der Waals surface area contributed by atoms with Crippen LogP contribution in [0, 0.1) is 13.8 Å². The summed E-state index contributed by atoms with van der Waals surface area (Å²) in [5, 5.41) is 6.90. The van der Waals surface area contributed by atoms with E-state index in [1.165, 1.54) is 32.6 Å². The summed E-state index contributed by atoms with van der Waals surface area (Å²) in [5.41, 5.74) is 3.08. The Hall–Kier alpha value is -2.85. The van der Waals surface area contributed by atoms with Gasteiger partial charge in [0.25, 0.3) is 5.78 Å². The van der Waals surface area contributed by atoms with Crippen LogP contribution in [0.5, 0.6) is 0 Å². The maximum absolute atomic E-state index is 12.4. The van der Waals surface area contributed by atoms with Crippen LogP contribution in [0.1, 0.15) is 23.4 Å². The highest BCUT2D eigenvalue weighted by molar-refractivity contribution is 7.89. The van der Waals surface area contributed by atoms with E-state index in [2.05, 4.69) is 20.4 Å². The molecule has 0 radical (unpaired) electrons. The molecule has 1 N–H and O–H groups in total. The Balaban J connectivity index is 1.72. The lowest BCUT2D eigenvalue weighted by Crippen LogP contribution is -2.22. The van der Waals surface area contributed by atoms with E-state index in [0.717, 1.165) is 21.3 Å². The molecule has 0 aliphatic rings. The average Bonchev–Trinajstić information content (AvgIpc) is 3.10. The zero-order chi connectivity index (χ0) is 20.5. The number of benzene rings is 1. The molecule has 0 bridgehead atoms. The van der Waals surface area contributed by atoms with Crippen LogP contribution in [0.25, 0.3) is 5.78 Å². The van der Waals surface area contributed by atoms with Crippen LogP contribution >= 0.6 is 0 Å². The van der Waals surface area contributed by atoms with Crippen molar-refractivity contribution in [3.63, 3.8) is 0 Å². The fourth-order valence-corrected chi connectivity index (χ4v) is 3.87. The Morgan fingerprint density at radius 2 is 2.00 bits per heavy atom. The Bertz CT molecular complexity index is 1140. The van der Waals surface area contributed by atoms with Gasteiger partial charge in [-0.3, -0.25) is 4.79 Å². The first-order valence-corrected chi connectivity index (χ1v) is 10.1. The Morgan fingerprint density at radius 1 is 1.25 bits per heavy atom. The number of fused-ring (bicyclic) bond motifs is 1. The third-order valence-corrected chi connectivity index (χ3v) is 6.30. The molecule has 2 heterocycles. The van der Waals surface area contributed by atoms with Crippen LogP contribution in [-0.4, -0.2) is 52.3 Å². The topological polar surface area (TPSA) is 110 Å². The molecule has 1 aromatic carbocycles. The summed E-state index contributed by atoms with van der Waals surface area (Å²) in [7, 11) is -0.632. The number of nitrogens with zero attached hydrogens (tertiary/aromatic N) is 5. The second-order valence-corrected chi connectivity index (χ2v) is 8.75. The number of anilines is 1. The molecule has 0 aliphatic carbocycles. The minimum atomic E-state index is -3.56. The second-order valence-electron chi connectivity index (χ2n) is 6.60. The summed E-state index contributed by atoms with van der Waals surface area (Å²) in [6.07, 6.45) is 2.16. The summed E-state index contributed by atoms with van der Waals surface area (Å²) in [6.45, 7) is 3.80. The van der Waals surface area contributed by atoms with Crippen molar-refractivity contribution in [1.82, 2.24) is 23.9 Å². The maximum Gasteiger partial charge on any atom is 0.252 e. The lowest BCUT2D eigenvalue weighted by atomic mass is 10.1. The number of hydrogen-bond donors (Lipinski definition) is 1. The van der Waals surface area contributed by atoms with E-state index >= 15 is 0 Å². The predicted octanol–water partition coefficient (Wildman–Crippen LogP) is 1.56. The van der Waals surface area contributed by atoms with Gasteiger partial charge in [-0.25, -0.2) is 22.2 Å². The quantitative estimate of drug-likeness (QED) is 0.670. The van der Waals surface area contributed by atoms with Crippen molar-refractivity contribution in [1.29, 1.82) is 0 Å². The zero-order valence-electron chi connectivity index (χ0n) is 16.2. The summed E-state index contributed by atoms with van der Waals surface area (Å²) in [4.78, 5) is 21.0. The molecule has 0 aliphatic heterocycles. The van der Waals surface area contributed by atoms with Gasteiger partial charge >= 0.3 is 0 Å². The van der Waals surface area contributed by atoms with Gasteiger partial charge in [0.15, 0.2) is 0 Å². The van der Waals surface area contributed by atoms with Crippen LogP contribution in [0.4, 0.5) is 5.69 Å². The monoisotopic (exact) mass is 402 g/mol. The van der Waals surface area contributed by atoms with Gasteiger partial charge < -0.3 is 5.32 Å². The summed E-state index contributed by atoms with van der Waals surface area (Å²) >= 11 is 0. The number of amides is 1. The molecule has 148 valence electrons. The lowest BCUT2D eigenvalue weighted by Gasteiger charge is -2.13. The average molecular weight is 402 g/mol. The van der Waals surface area contributed by atoms with Crippen LogP contribution in [0.3, 0.4) is 0 Å². The highest BCUT2D eigenvalue weighted by atomic mass is 32.2. The van der Waals surface area contributed by atoms with Crippen molar-refractivity contribution in [3.05, 3.63) is 47.5 Å². The van der Waals surface area contributed by atoms with E-state index in [9.17, 15) is 13.2 Å². The minimum Gasteiger partial charge on any atom is -0.326 e. The van der Waals surface area contributed by atoms with E-state index in [0.29, 0.717) is 17.9 Å². The number of carbonyl (C=O) groups is 1. The Labute approximate surface area is 163 Å². The lowest BCUT2D eigenvalue weighted by molar-refractivity contribution is -0.116. The summed E-state index contributed by atoms with van der Waals surface area (Å²) < 4.78 is 27.2. The molecule has 9 nitrogen and oxygen atoms in total. The van der Waals surface area contributed by atoms with Crippen LogP contribution in [-0.2, 0) is 21.2 Å². The summed E-state index contributed by atoms with van der Waals surface area (Å²) in [5.74, 6) is 0.319. The molecule has 10 heteroatoms. The molecule has 0 saturated carbocycles. The fourth-order valence-electron chi connectivity index (χ4n) is 2.92. The number of aromatic nitrogens is 4. The highest BCUT2D eigenvalue weighted by Crippen LogP contribution is 2.19. The highest BCUT2D eigenvalue weighted by Gasteiger charge is 2.18. The van der Waals surface area contributed by atoms with Crippen molar-refractivity contribution >= 4 is 27.4 Å². The third-order valence-electron chi connectivity index (χ3n) is 4.49. The molecule has 0 saturated heterocycles. The third kappa shape index (κ3) is 3.87. The SMILES string of the molecule is Cc1nc2ncnn2c(C)c1CCC(=O)Nc1cccc(S(=O)(=O)N(C)C)c1. The number of aryl methyl sites for hydroxylation is 2. The Morgan fingerprint density at radius 3 is 2.71 bits per heavy atom. The first-order valence-electron chi connectivity index (χ1n) is 8.68. The van der Waals surface area contributed by atoms with E-state index in [1.807, 2.05) is 13.8 Å². The molecule has 3 rings (SSSR count). The number of sulfonamides is 1. The number of carbonyl (C=O) groups excluding carboxylic acids is 1. The van der Waals surface area contributed by atoms with E-state index in [-0.39, 0.29) is 17.2 Å². The molecule has 28 heavy (non-hydrogen) atoms. The Kier molecular flexibility index (Phi) is 5.43. The smallest absolute Gasteiger partial charge is 0.252 e. The van der Waals surface area contributed by atoms with Crippen molar-refractivity contribution in [2.24, 2.45) is 0 Å². The molecule has 0 unspecified atom stereocenters. The molecular formula is C18H22N6O3S. The van der Waals surface area contributed by atoms with Gasteiger partial charge in [0, 0.05) is 37.6 Å². The van der Waals surface area contributed by atoms with Crippen molar-refractivity contribution in [3.8, 4) is 0 Å². The fraction of sp³-hybridized carbons (Fsp3) is 0.333. The zero-order valence-corrected chi connectivity index (χ0v) is 17.0. The standard InChI is InChI=1S/C18H22N6O3S/c1-12-16(13(2)24-18(21-12)19-11-20-24)8-9-17(25)22-14-6-5-7-15(10-14)28(26,27)23(3)4/h5-7,10-11H,8-9H2,1-4H3,(H,22,25). The van der Waals surface area contributed by atoms with Gasteiger partial charge in [-0.1, -0.05) is 6.07 Å². The van der Waals surface area contributed by atoms with Gasteiger partial charge in [0.2, 0.25) is 15.9 Å². The molecule has 0 fully saturated rings. The van der Waals surface area contributed by atoms with Gasteiger partial charge in [-0.05, 0) is 44.0 Å².